The number of aromatic nitrogens is 5. The number of likely N-dealkylation sites (tertiary alicyclic amines) is 1. The van der Waals surface area contributed by atoms with Gasteiger partial charge >= 0.3 is 0 Å². The molecule has 1 N–H and O–H groups in total. The summed E-state index contributed by atoms with van der Waals surface area (Å²) in [6.45, 7) is 9.52. The van der Waals surface area contributed by atoms with Gasteiger partial charge in [0, 0.05) is 18.7 Å². The molecule has 0 saturated carbocycles. The van der Waals surface area contributed by atoms with Crippen molar-refractivity contribution in [1.29, 1.82) is 0 Å². The first-order valence-electron chi connectivity index (χ1n) is 11.1. The first-order valence-corrected chi connectivity index (χ1v) is 11.1. The van der Waals surface area contributed by atoms with Crippen molar-refractivity contribution in [3.63, 3.8) is 0 Å². The Morgan fingerprint density at radius 1 is 1.09 bits per heavy atom. The summed E-state index contributed by atoms with van der Waals surface area (Å²) < 4.78 is 7.71. The van der Waals surface area contributed by atoms with Gasteiger partial charge in [0.1, 0.15) is 5.82 Å². The van der Waals surface area contributed by atoms with Crippen LogP contribution in [0.2, 0.25) is 0 Å². The molecule has 0 amide bonds. The summed E-state index contributed by atoms with van der Waals surface area (Å²) in [5.41, 5.74) is 2.52. The number of rotatable bonds is 5. The summed E-state index contributed by atoms with van der Waals surface area (Å²) in [5.74, 6) is 2.05. The highest BCUT2D eigenvalue weighted by Gasteiger charge is 2.29. The normalized spacial score (nSPS) is 20.7. The Bertz CT molecular complexity index is 1130. The summed E-state index contributed by atoms with van der Waals surface area (Å²) in [4.78, 5) is 7.07. The van der Waals surface area contributed by atoms with Crippen LogP contribution in [-0.4, -0.2) is 49.1 Å². The molecule has 2 aromatic heterocycles. The van der Waals surface area contributed by atoms with E-state index in [1.165, 1.54) is 18.4 Å². The molecule has 2 aliphatic heterocycles. The first-order chi connectivity index (χ1) is 15.5. The highest BCUT2D eigenvalue weighted by atomic mass is 16.4. The van der Waals surface area contributed by atoms with E-state index in [9.17, 15) is 0 Å². The summed E-state index contributed by atoms with van der Waals surface area (Å²) in [5, 5.41) is 16.4. The maximum absolute atomic E-state index is 5.82. The lowest BCUT2D eigenvalue weighted by Gasteiger charge is -2.41. The third-order valence-electron chi connectivity index (χ3n) is 6.31. The van der Waals surface area contributed by atoms with E-state index < -0.39 is 0 Å². The van der Waals surface area contributed by atoms with Crippen LogP contribution in [0.1, 0.15) is 32.5 Å². The largest absolute Gasteiger partial charge is 0.413 e. The highest BCUT2D eigenvalue weighted by Crippen LogP contribution is 2.31. The predicted molar refractivity (Wildman–Crippen MR) is 122 cm³/mol. The van der Waals surface area contributed by atoms with Gasteiger partial charge in [-0.3, -0.25) is 4.90 Å². The molecule has 0 spiro atoms. The minimum absolute atomic E-state index is 0.221. The lowest BCUT2D eigenvalue weighted by atomic mass is 9.82. The van der Waals surface area contributed by atoms with Gasteiger partial charge in [0.15, 0.2) is 0 Å². The molecule has 3 aromatic rings. The van der Waals surface area contributed by atoms with Gasteiger partial charge in [-0.1, -0.05) is 32.0 Å². The van der Waals surface area contributed by atoms with Gasteiger partial charge in [0.2, 0.25) is 11.7 Å². The number of nitrogens with one attached hydrogen (secondary N) is 1. The molecular weight excluding hydrogens is 402 g/mol. The SMILES string of the molecule is Cc1nc(-c2nnc(-c3ccccc3)o2)nn1CC1=CC(N2CCC(C)(C)CC2)NC=C1. The number of hydrogen-bond donors (Lipinski definition) is 1. The minimum Gasteiger partial charge on any atom is -0.413 e. The quantitative estimate of drug-likeness (QED) is 0.658. The second-order valence-electron chi connectivity index (χ2n) is 9.31. The van der Waals surface area contributed by atoms with Crippen LogP contribution in [0, 0.1) is 12.3 Å². The molecule has 4 heterocycles. The van der Waals surface area contributed by atoms with Crippen LogP contribution in [0.25, 0.3) is 23.2 Å². The number of benzene rings is 1. The molecule has 1 unspecified atom stereocenters. The van der Waals surface area contributed by atoms with E-state index >= 15 is 0 Å². The van der Waals surface area contributed by atoms with Crippen molar-refractivity contribution in [2.75, 3.05) is 13.1 Å². The van der Waals surface area contributed by atoms with Crippen LogP contribution >= 0.6 is 0 Å². The fourth-order valence-electron chi connectivity index (χ4n) is 4.13. The van der Waals surface area contributed by atoms with E-state index in [0.29, 0.717) is 29.6 Å². The summed E-state index contributed by atoms with van der Waals surface area (Å²) in [6.07, 6.45) is 9.10. The van der Waals surface area contributed by atoms with Crippen molar-refractivity contribution in [2.24, 2.45) is 5.41 Å². The van der Waals surface area contributed by atoms with Crippen LogP contribution in [0.5, 0.6) is 0 Å². The lowest BCUT2D eigenvalue weighted by Crippen LogP contribution is -2.48. The summed E-state index contributed by atoms with van der Waals surface area (Å²) in [6, 6.07) is 9.70. The number of hydrogen-bond acceptors (Lipinski definition) is 7. The average molecular weight is 432 g/mol. The monoisotopic (exact) mass is 431 g/mol. The zero-order chi connectivity index (χ0) is 22.1. The zero-order valence-corrected chi connectivity index (χ0v) is 18.8. The molecule has 1 fully saturated rings. The molecule has 32 heavy (non-hydrogen) atoms. The van der Waals surface area contributed by atoms with Gasteiger partial charge in [-0.25, -0.2) is 9.67 Å². The van der Waals surface area contributed by atoms with E-state index in [1.807, 2.05) is 48.1 Å². The van der Waals surface area contributed by atoms with Gasteiger partial charge in [-0.15, -0.1) is 15.3 Å². The van der Waals surface area contributed by atoms with Crippen LogP contribution in [0.3, 0.4) is 0 Å². The second-order valence-corrected chi connectivity index (χ2v) is 9.31. The van der Waals surface area contributed by atoms with Gasteiger partial charge in [-0.2, -0.15) is 0 Å². The van der Waals surface area contributed by atoms with Crippen molar-refractivity contribution in [1.82, 2.24) is 35.2 Å². The van der Waals surface area contributed by atoms with Crippen molar-refractivity contribution >= 4 is 0 Å². The van der Waals surface area contributed by atoms with Crippen LogP contribution in [0.15, 0.2) is 58.7 Å². The van der Waals surface area contributed by atoms with Crippen molar-refractivity contribution < 1.29 is 4.42 Å². The summed E-state index contributed by atoms with van der Waals surface area (Å²) in [7, 11) is 0. The standard InChI is InChI=1S/C24H29N7O/c1-17-26-21(23-28-27-22(32-23)19-7-5-4-6-8-19)29-31(17)16-18-9-12-25-20(15-18)30-13-10-24(2,3)11-14-30/h4-9,12,15,20,25H,10-11,13-14,16H2,1-3H3. The van der Waals surface area contributed by atoms with Gasteiger partial charge in [0.25, 0.3) is 5.89 Å². The fourth-order valence-corrected chi connectivity index (χ4v) is 4.13. The molecule has 0 bridgehead atoms. The van der Waals surface area contributed by atoms with Crippen LogP contribution < -0.4 is 5.32 Å². The van der Waals surface area contributed by atoms with Crippen LogP contribution in [-0.2, 0) is 6.54 Å². The molecule has 5 rings (SSSR count). The van der Waals surface area contributed by atoms with Gasteiger partial charge in [-0.05, 0) is 61.2 Å². The average Bonchev–Trinajstić information content (AvgIpc) is 3.42. The van der Waals surface area contributed by atoms with Crippen molar-refractivity contribution in [3.8, 4) is 23.2 Å². The Morgan fingerprint density at radius 3 is 2.62 bits per heavy atom. The highest BCUT2D eigenvalue weighted by molar-refractivity contribution is 5.54. The third kappa shape index (κ3) is 4.36. The van der Waals surface area contributed by atoms with E-state index in [4.69, 9.17) is 4.42 Å². The molecule has 0 aliphatic carbocycles. The molecule has 166 valence electrons. The predicted octanol–water partition coefficient (Wildman–Crippen LogP) is 3.79. The Kier molecular flexibility index (Phi) is 5.38. The molecule has 1 aromatic carbocycles. The minimum atomic E-state index is 0.221. The zero-order valence-electron chi connectivity index (χ0n) is 18.8. The van der Waals surface area contributed by atoms with Gasteiger partial charge < -0.3 is 9.73 Å². The molecular formula is C24H29N7O. The first kappa shape index (κ1) is 20.6. The van der Waals surface area contributed by atoms with E-state index in [1.54, 1.807) is 0 Å². The number of dihydropyridines is 1. The summed E-state index contributed by atoms with van der Waals surface area (Å²) >= 11 is 0. The molecule has 1 atom stereocenters. The topological polar surface area (TPSA) is 84.9 Å². The molecule has 2 aliphatic rings. The van der Waals surface area contributed by atoms with E-state index in [0.717, 1.165) is 24.5 Å². The lowest BCUT2D eigenvalue weighted by molar-refractivity contribution is 0.102. The molecule has 8 heteroatoms. The molecule has 8 nitrogen and oxygen atoms in total. The van der Waals surface area contributed by atoms with E-state index in [2.05, 4.69) is 56.5 Å². The molecule has 1 saturated heterocycles. The Morgan fingerprint density at radius 2 is 1.84 bits per heavy atom. The molecule has 0 radical (unpaired) electrons. The third-order valence-corrected chi connectivity index (χ3v) is 6.31. The maximum atomic E-state index is 5.82. The van der Waals surface area contributed by atoms with E-state index in [-0.39, 0.29) is 6.17 Å². The van der Waals surface area contributed by atoms with Gasteiger partial charge in [0.05, 0.1) is 12.7 Å². The van der Waals surface area contributed by atoms with Crippen LogP contribution in [0.4, 0.5) is 0 Å². The fraction of sp³-hybridized carbons (Fsp3) is 0.417. The second kappa shape index (κ2) is 8.35. The number of piperidine rings is 1. The Labute approximate surface area is 188 Å². The smallest absolute Gasteiger partial charge is 0.287 e. The maximum Gasteiger partial charge on any atom is 0.287 e. The number of aryl methyl sites for hydroxylation is 1. The van der Waals surface area contributed by atoms with Crippen molar-refractivity contribution in [3.05, 3.63) is 60.1 Å². The Balaban J connectivity index is 1.30. The number of nitrogens with zero attached hydrogens (tertiary/aromatic N) is 6. The Hall–Kier alpha value is -3.26. The number of allylic oxidation sites excluding steroid dienone is 2. The van der Waals surface area contributed by atoms with Crippen molar-refractivity contribution in [2.45, 2.75) is 46.3 Å².